The van der Waals surface area contributed by atoms with Gasteiger partial charge in [0.25, 0.3) is 0 Å². The first-order valence-corrected chi connectivity index (χ1v) is 5.92. The smallest absolute Gasteiger partial charge is 0.239 e. The SMILES string of the molecule is CNC(=O)[C@H]1[C@H](C(=O)NC)N1Cc1ccccc1. The lowest BCUT2D eigenvalue weighted by Gasteiger charge is -2.03. The van der Waals surface area contributed by atoms with E-state index in [0.29, 0.717) is 6.54 Å². The van der Waals surface area contributed by atoms with E-state index < -0.39 is 0 Å². The van der Waals surface area contributed by atoms with Crippen molar-refractivity contribution in [2.45, 2.75) is 18.6 Å². The summed E-state index contributed by atoms with van der Waals surface area (Å²) in [5.74, 6) is -0.223. The van der Waals surface area contributed by atoms with E-state index in [0.717, 1.165) is 5.56 Å². The van der Waals surface area contributed by atoms with E-state index in [9.17, 15) is 9.59 Å². The van der Waals surface area contributed by atoms with Crippen LogP contribution in [0.1, 0.15) is 5.56 Å². The lowest BCUT2D eigenvalue weighted by atomic mass is 10.2. The number of rotatable bonds is 4. The van der Waals surface area contributed by atoms with Crippen LogP contribution < -0.4 is 10.6 Å². The number of hydrogen-bond acceptors (Lipinski definition) is 3. The standard InChI is InChI=1S/C13H17N3O2/c1-14-12(17)10-11(13(18)15-2)16(10)8-9-6-4-3-5-7-9/h3-7,10-11H,8H2,1-2H3,(H,14,17)(H,15,18)/t10-,11-/m1/s1. The first-order valence-electron chi connectivity index (χ1n) is 5.92. The number of hydrogen-bond donors (Lipinski definition) is 2. The van der Waals surface area contributed by atoms with Crippen LogP contribution in [0.5, 0.6) is 0 Å². The van der Waals surface area contributed by atoms with E-state index in [1.807, 2.05) is 35.2 Å². The van der Waals surface area contributed by atoms with Crippen LogP contribution in [0.2, 0.25) is 0 Å². The Morgan fingerprint density at radius 2 is 1.56 bits per heavy atom. The number of amides is 2. The molecule has 18 heavy (non-hydrogen) atoms. The second-order valence-corrected chi connectivity index (χ2v) is 4.28. The maximum absolute atomic E-state index is 11.7. The van der Waals surface area contributed by atoms with Gasteiger partial charge in [0, 0.05) is 20.6 Å². The molecule has 0 unspecified atom stereocenters. The fourth-order valence-corrected chi connectivity index (χ4v) is 2.15. The Hall–Kier alpha value is -1.88. The van der Waals surface area contributed by atoms with Crippen molar-refractivity contribution in [3.8, 4) is 0 Å². The van der Waals surface area contributed by atoms with Crippen molar-refractivity contribution in [3.05, 3.63) is 35.9 Å². The highest BCUT2D eigenvalue weighted by Gasteiger charge is 2.56. The van der Waals surface area contributed by atoms with Crippen molar-refractivity contribution in [3.63, 3.8) is 0 Å². The molecule has 2 N–H and O–H groups in total. The van der Waals surface area contributed by atoms with E-state index in [4.69, 9.17) is 0 Å². The van der Waals surface area contributed by atoms with Gasteiger partial charge in [-0.3, -0.25) is 14.5 Å². The Morgan fingerprint density at radius 3 is 2.00 bits per heavy atom. The molecule has 1 aromatic rings. The van der Waals surface area contributed by atoms with Gasteiger partial charge in [0.1, 0.15) is 12.1 Å². The summed E-state index contributed by atoms with van der Waals surface area (Å²) >= 11 is 0. The van der Waals surface area contributed by atoms with Crippen molar-refractivity contribution in [2.75, 3.05) is 14.1 Å². The van der Waals surface area contributed by atoms with Crippen molar-refractivity contribution in [1.82, 2.24) is 15.5 Å². The molecule has 0 aliphatic carbocycles. The molecular weight excluding hydrogens is 230 g/mol. The van der Waals surface area contributed by atoms with E-state index >= 15 is 0 Å². The molecule has 0 radical (unpaired) electrons. The van der Waals surface area contributed by atoms with Crippen molar-refractivity contribution < 1.29 is 9.59 Å². The molecule has 2 atom stereocenters. The van der Waals surface area contributed by atoms with Gasteiger partial charge in [-0.05, 0) is 5.56 Å². The molecule has 1 heterocycles. The molecule has 2 rings (SSSR count). The van der Waals surface area contributed by atoms with Gasteiger partial charge in [-0.2, -0.15) is 0 Å². The van der Waals surface area contributed by atoms with Gasteiger partial charge < -0.3 is 10.6 Å². The van der Waals surface area contributed by atoms with Gasteiger partial charge in [0.05, 0.1) is 0 Å². The van der Waals surface area contributed by atoms with Gasteiger partial charge in [0.2, 0.25) is 11.8 Å². The minimum atomic E-state index is -0.352. The molecule has 1 fully saturated rings. The fourth-order valence-electron chi connectivity index (χ4n) is 2.15. The second-order valence-electron chi connectivity index (χ2n) is 4.28. The Kier molecular flexibility index (Phi) is 3.62. The summed E-state index contributed by atoms with van der Waals surface area (Å²) in [7, 11) is 3.17. The van der Waals surface area contributed by atoms with E-state index in [1.54, 1.807) is 14.1 Å². The summed E-state index contributed by atoms with van der Waals surface area (Å²) in [4.78, 5) is 25.2. The predicted octanol–water partition coefficient (Wildman–Crippen LogP) is -0.269. The Balaban J connectivity index is 2.07. The summed E-state index contributed by atoms with van der Waals surface area (Å²) in [6, 6.07) is 9.11. The summed E-state index contributed by atoms with van der Waals surface area (Å²) in [5.41, 5.74) is 1.10. The largest absolute Gasteiger partial charge is 0.358 e. The summed E-state index contributed by atoms with van der Waals surface area (Å²) in [6.07, 6.45) is 0. The van der Waals surface area contributed by atoms with Gasteiger partial charge in [-0.1, -0.05) is 30.3 Å². The Bertz CT molecular complexity index is 425. The summed E-state index contributed by atoms with van der Waals surface area (Å²) in [5, 5.41) is 5.18. The highest BCUT2D eigenvalue weighted by atomic mass is 16.2. The fraction of sp³-hybridized carbons (Fsp3) is 0.385. The Labute approximate surface area is 106 Å². The normalized spacial score (nSPS) is 25.3. The number of likely N-dealkylation sites (N-methyl/N-ethyl adjacent to an activating group) is 2. The van der Waals surface area contributed by atoms with Crippen LogP contribution in [-0.2, 0) is 16.1 Å². The molecule has 1 aliphatic rings. The zero-order chi connectivity index (χ0) is 13.1. The second kappa shape index (κ2) is 5.18. The third-order valence-corrected chi connectivity index (χ3v) is 3.16. The molecular formula is C13H17N3O2. The minimum Gasteiger partial charge on any atom is -0.358 e. The number of carbonyl (C=O) groups is 2. The van der Waals surface area contributed by atoms with Crippen LogP contribution in [0, 0.1) is 0 Å². The van der Waals surface area contributed by atoms with Gasteiger partial charge in [-0.15, -0.1) is 0 Å². The van der Waals surface area contributed by atoms with Crippen LogP contribution in [0.4, 0.5) is 0 Å². The van der Waals surface area contributed by atoms with Crippen LogP contribution >= 0.6 is 0 Å². The molecule has 0 saturated carbocycles. The van der Waals surface area contributed by atoms with E-state index in [2.05, 4.69) is 10.6 Å². The maximum Gasteiger partial charge on any atom is 0.239 e. The topological polar surface area (TPSA) is 61.2 Å². The summed E-state index contributed by atoms with van der Waals surface area (Å²) in [6.45, 7) is 0.608. The van der Waals surface area contributed by atoms with Crippen LogP contribution in [-0.4, -0.2) is 42.9 Å². The molecule has 1 aromatic carbocycles. The molecule has 1 saturated heterocycles. The third kappa shape index (κ3) is 2.36. The van der Waals surface area contributed by atoms with Crippen molar-refractivity contribution >= 4 is 11.8 Å². The maximum atomic E-state index is 11.7. The molecule has 5 nitrogen and oxygen atoms in total. The average molecular weight is 247 g/mol. The lowest BCUT2D eigenvalue weighted by molar-refractivity contribution is -0.123. The molecule has 0 spiro atoms. The molecule has 1 aliphatic heterocycles. The summed E-state index contributed by atoms with van der Waals surface area (Å²) < 4.78 is 0. The molecule has 5 heteroatoms. The number of carbonyl (C=O) groups excluding carboxylic acids is 2. The van der Waals surface area contributed by atoms with E-state index in [1.165, 1.54) is 0 Å². The average Bonchev–Trinajstić information content (AvgIpc) is 3.12. The number of benzene rings is 1. The van der Waals surface area contributed by atoms with Crippen LogP contribution in [0.25, 0.3) is 0 Å². The predicted molar refractivity (Wildman–Crippen MR) is 67.7 cm³/mol. The van der Waals surface area contributed by atoms with Gasteiger partial charge in [-0.25, -0.2) is 0 Å². The van der Waals surface area contributed by atoms with Crippen LogP contribution in [0.3, 0.4) is 0 Å². The minimum absolute atomic E-state index is 0.112. The Morgan fingerprint density at radius 1 is 1.06 bits per heavy atom. The van der Waals surface area contributed by atoms with E-state index in [-0.39, 0.29) is 23.9 Å². The molecule has 96 valence electrons. The highest BCUT2D eigenvalue weighted by molar-refractivity contribution is 5.97. The highest BCUT2D eigenvalue weighted by Crippen LogP contribution is 2.30. The zero-order valence-corrected chi connectivity index (χ0v) is 10.5. The lowest BCUT2D eigenvalue weighted by Crippen LogP contribution is -2.31. The van der Waals surface area contributed by atoms with Gasteiger partial charge >= 0.3 is 0 Å². The third-order valence-electron chi connectivity index (χ3n) is 3.16. The van der Waals surface area contributed by atoms with Crippen molar-refractivity contribution in [2.24, 2.45) is 0 Å². The first-order chi connectivity index (χ1) is 8.69. The molecule has 0 bridgehead atoms. The van der Waals surface area contributed by atoms with Crippen molar-refractivity contribution in [1.29, 1.82) is 0 Å². The monoisotopic (exact) mass is 247 g/mol. The number of nitrogens with zero attached hydrogens (tertiary/aromatic N) is 1. The molecule has 0 aromatic heterocycles. The zero-order valence-electron chi connectivity index (χ0n) is 10.5. The quantitative estimate of drug-likeness (QED) is 0.720. The van der Waals surface area contributed by atoms with Crippen LogP contribution in [0.15, 0.2) is 30.3 Å². The van der Waals surface area contributed by atoms with Gasteiger partial charge in [0.15, 0.2) is 0 Å². The number of nitrogens with one attached hydrogen (secondary N) is 2. The first kappa shape index (κ1) is 12.6. The molecule has 2 amide bonds.